The van der Waals surface area contributed by atoms with E-state index in [9.17, 15) is 0 Å². The van der Waals surface area contributed by atoms with Gasteiger partial charge >= 0.3 is 0 Å². The summed E-state index contributed by atoms with van der Waals surface area (Å²) in [6.45, 7) is 2.16. The van der Waals surface area contributed by atoms with Gasteiger partial charge in [0.1, 0.15) is 0 Å². The van der Waals surface area contributed by atoms with Crippen LogP contribution in [-0.2, 0) is 0 Å². The highest BCUT2D eigenvalue weighted by atomic mass is 14.7. The molecule has 0 unspecified atom stereocenters. The van der Waals surface area contributed by atoms with Crippen LogP contribution in [0.25, 0.3) is 0 Å². The normalized spacial score (nSPS) is 10.9. The zero-order valence-corrected chi connectivity index (χ0v) is 11.7. The van der Waals surface area contributed by atoms with Crippen LogP contribution in [-0.4, -0.2) is 5.54 Å². The molecule has 3 nitrogen and oxygen atoms in total. The van der Waals surface area contributed by atoms with Gasteiger partial charge in [-0.15, -0.1) is 0 Å². The van der Waals surface area contributed by atoms with Gasteiger partial charge in [-0.1, -0.05) is 32.6 Å². The third kappa shape index (κ3) is 9.02. The van der Waals surface area contributed by atoms with E-state index in [1.807, 2.05) is 0 Å². The van der Waals surface area contributed by atoms with Crippen LogP contribution in [0.15, 0.2) is 0 Å². The molecule has 0 aromatic carbocycles. The summed E-state index contributed by atoms with van der Waals surface area (Å²) in [5.74, 6) is 0. The predicted octanol–water partition coefficient (Wildman–Crippen LogP) is 4.04. The van der Waals surface area contributed by atoms with Crippen molar-refractivity contribution < 1.29 is 0 Å². The number of hydrogen-bond donors (Lipinski definition) is 1. The molecule has 18 heavy (non-hydrogen) atoms. The van der Waals surface area contributed by atoms with Gasteiger partial charge in [-0.2, -0.15) is 10.5 Å². The van der Waals surface area contributed by atoms with Crippen molar-refractivity contribution in [1.82, 2.24) is 0 Å². The van der Waals surface area contributed by atoms with Crippen LogP contribution in [0.4, 0.5) is 0 Å². The molecule has 0 saturated heterocycles. The molecule has 0 amide bonds. The molecule has 0 rings (SSSR count). The molecule has 0 aliphatic rings. The minimum atomic E-state index is -0.0285. The quantitative estimate of drug-likeness (QED) is 0.561. The van der Waals surface area contributed by atoms with Gasteiger partial charge in [0.2, 0.25) is 0 Å². The summed E-state index contributed by atoms with van der Waals surface area (Å²) >= 11 is 0. The number of nitrogens with zero attached hydrogens (tertiary/aromatic N) is 2. The van der Waals surface area contributed by atoms with Gasteiger partial charge in [-0.25, -0.2) is 0 Å². The van der Waals surface area contributed by atoms with Gasteiger partial charge in [-0.05, 0) is 32.1 Å². The lowest BCUT2D eigenvalue weighted by Crippen LogP contribution is -2.38. The van der Waals surface area contributed by atoms with Gasteiger partial charge in [0, 0.05) is 18.4 Å². The smallest absolute Gasteiger partial charge is 0.0621 e. The number of nitriles is 2. The van der Waals surface area contributed by atoms with E-state index >= 15 is 0 Å². The van der Waals surface area contributed by atoms with E-state index < -0.39 is 0 Å². The van der Waals surface area contributed by atoms with Gasteiger partial charge in [0.05, 0.1) is 12.1 Å². The molecule has 0 radical (unpaired) electrons. The second-order valence-corrected chi connectivity index (χ2v) is 5.15. The second-order valence-electron chi connectivity index (χ2n) is 5.15. The maximum Gasteiger partial charge on any atom is 0.0621 e. The van der Waals surface area contributed by atoms with Crippen LogP contribution in [0.5, 0.6) is 0 Å². The molecule has 0 aromatic rings. The minimum absolute atomic E-state index is 0.0285. The van der Waals surface area contributed by atoms with Crippen molar-refractivity contribution in [2.45, 2.75) is 83.1 Å². The Morgan fingerprint density at radius 1 is 0.833 bits per heavy atom. The van der Waals surface area contributed by atoms with Crippen LogP contribution in [0.3, 0.4) is 0 Å². The van der Waals surface area contributed by atoms with Crippen molar-refractivity contribution in [2.24, 2.45) is 5.73 Å². The fourth-order valence-electron chi connectivity index (χ4n) is 2.19. The van der Waals surface area contributed by atoms with Gasteiger partial charge in [0.15, 0.2) is 0 Å². The summed E-state index contributed by atoms with van der Waals surface area (Å²) in [6, 6.07) is 4.35. The molecule has 2 N–H and O–H groups in total. The summed E-state index contributed by atoms with van der Waals surface area (Å²) in [5, 5.41) is 16.9. The van der Waals surface area contributed by atoms with Gasteiger partial charge in [0.25, 0.3) is 0 Å². The van der Waals surface area contributed by atoms with Crippen molar-refractivity contribution in [2.75, 3.05) is 0 Å². The number of rotatable bonds is 11. The van der Waals surface area contributed by atoms with Crippen molar-refractivity contribution in [3.05, 3.63) is 0 Å². The molecule has 0 bridgehead atoms. The first-order valence-electron chi connectivity index (χ1n) is 7.21. The van der Waals surface area contributed by atoms with Crippen molar-refractivity contribution >= 4 is 0 Å². The number of hydrogen-bond acceptors (Lipinski definition) is 3. The van der Waals surface area contributed by atoms with Crippen LogP contribution in [0.2, 0.25) is 0 Å². The Hall–Kier alpha value is -1.06. The zero-order valence-electron chi connectivity index (χ0n) is 11.7. The van der Waals surface area contributed by atoms with Crippen LogP contribution in [0.1, 0.15) is 77.6 Å². The van der Waals surface area contributed by atoms with Crippen molar-refractivity contribution in [1.29, 1.82) is 10.5 Å². The lowest BCUT2D eigenvalue weighted by molar-refractivity contribution is 0.326. The maximum absolute atomic E-state index is 8.46. The first-order chi connectivity index (χ1) is 8.68. The molecule has 102 valence electrons. The summed E-state index contributed by atoms with van der Waals surface area (Å²) in [5.41, 5.74) is 6.37. The third-order valence-corrected chi connectivity index (χ3v) is 3.63. The topological polar surface area (TPSA) is 73.6 Å². The van der Waals surface area contributed by atoms with E-state index in [4.69, 9.17) is 16.3 Å². The fourth-order valence-corrected chi connectivity index (χ4v) is 2.19. The molecule has 0 atom stereocenters. The Kier molecular flexibility index (Phi) is 10.4. The molecule has 0 heterocycles. The van der Waals surface area contributed by atoms with E-state index in [1.54, 1.807) is 0 Å². The van der Waals surface area contributed by atoms with E-state index in [0.29, 0.717) is 12.8 Å². The van der Waals surface area contributed by atoms with E-state index in [-0.39, 0.29) is 5.54 Å². The number of nitrogens with two attached hydrogens (primary N) is 1. The lowest BCUT2D eigenvalue weighted by atomic mass is 9.85. The molecule has 0 fully saturated rings. The Labute approximate surface area is 112 Å². The van der Waals surface area contributed by atoms with Crippen LogP contribution < -0.4 is 5.73 Å². The first kappa shape index (κ1) is 16.9. The Morgan fingerprint density at radius 3 is 1.61 bits per heavy atom. The largest absolute Gasteiger partial charge is 0.325 e. The molecule has 0 spiro atoms. The van der Waals surface area contributed by atoms with E-state index in [1.165, 1.54) is 0 Å². The average Bonchev–Trinajstić information content (AvgIpc) is 2.38. The molecule has 0 aliphatic carbocycles. The highest BCUT2D eigenvalue weighted by Crippen LogP contribution is 2.23. The fraction of sp³-hybridized carbons (Fsp3) is 0.867. The Bertz CT molecular complexity index is 248. The van der Waals surface area contributed by atoms with Crippen molar-refractivity contribution in [3.63, 3.8) is 0 Å². The van der Waals surface area contributed by atoms with E-state index in [0.717, 1.165) is 57.8 Å². The van der Waals surface area contributed by atoms with Gasteiger partial charge < -0.3 is 5.73 Å². The minimum Gasteiger partial charge on any atom is -0.325 e. The average molecular weight is 249 g/mol. The summed E-state index contributed by atoms with van der Waals surface area (Å²) in [7, 11) is 0. The molecule has 0 saturated carbocycles. The predicted molar refractivity (Wildman–Crippen MR) is 74.6 cm³/mol. The molecular formula is C15H27N3. The zero-order chi connectivity index (χ0) is 13.7. The summed E-state index contributed by atoms with van der Waals surface area (Å²) < 4.78 is 0. The molecule has 0 aliphatic heterocycles. The monoisotopic (exact) mass is 249 g/mol. The van der Waals surface area contributed by atoms with E-state index in [2.05, 4.69) is 19.1 Å². The van der Waals surface area contributed by atoms with Crippen LogP contribution >= 0.6 is 0 Å². The second kappa shape index (κ2) is 11.1. The third-order valence-electron chi connectivity index (χ3n) is 3.63. The Balaban J connectivity index is 3.68. The van der Waals surface area contributed by atoms with Crippen molar-refractivity contribution in [3.8, 4) is 12.1 Å². The van der Waals surface area contributed by atoms with Gasteiger partial charge in [-0.3, -0.25) is 0 Å². The highest BCUT2D eigenvalue weighted by Gasteiger charge is 2.21. The molecular weight excluding hydrogens is 222 g/mol. The van der Waals surface area contributed by atoms with Crippen LogP contribution in [0, 0.1) is 22.7 Å². The standard InChI is InChI=1S/C15H27N3/c1-2-15(18,11-7-3-5-9-13-16)12-8-4-6-10-14-17/h2-12,18H2,1H3. The first-order valence-corrected chi connectivity index (χ1v) is 7.21. The number of unbranched alkanes of at least 4 members (excludes halogenated alkanes) is 6. The molecule has 3 heteroatoms. The maximum atomic E-state index is 8.46. The lowest BCUT2D eigenvalue weighted by Gasteiger charge is -2.28. The summed E-state index contributed by atoms with van der Waals surface area (Å²) in [6.07, 6.45) is 11.0. The SMILES string of the molecule is CCC(N)(CCCCCC#N)CCCCCC#N. The molecule has 0 aromatic heterocycles. The summed E-state index contributed by atoms with van der Waals surface area (Å²) in [4.78, 5) is 0. The highest BCUT2D eigenvalue weighted by molar-refractivity contribution is 4.82. The Morgan fingerprint density at radius 2 is 1.28 bits per heavy atom.